The smallest absolute Gasteiger partial charge is 0.303 e. The molecule has 15 atom stereocenters. The van der Waals surface area contributed by atoms with Crippen LogP contribution in [0.1, 0.15) is 20.8 Å². The highest BCUT2D eigenvalue weighted by Gasteiger charge is 2.52. The van der Waals surface area contributed by atoms with Crippen molar-refractivity contribution in [1.82, 2.24) is 0 Å². The van der Waals surface area contributed by atoms with Crippen LogP contribution >= 0.6 is 0 Å². The minimum atomic E-state index is -2.03. The van der Waals surface area contributed by atoms with Gasteiger partial charge in [-0.15, -0.1) is 0 Å². The summed E-state index contributed by atoms with van der Waals surface area (Å²) >= 11 is 0. The first-order valence-electron chi connectivity index (χ1n) is 17.7. The third-order valence-electron chi connectivity index (χ3n) is 9.86. The zero-order chi connectivity index (χ0) is 41.6. The molecule has 3 aromatic rings. The van der Waals surface area contributed by atoms with E-state index in [1.54, 1.807) is 0 Å². The lowest BCUT2D eigenvalue weighted by molar-refractivity contribution is -0.359. The third kappa shape index (κ3) is 8.32. The first-order chi connectivity index (χ1) is 26.9. The quantitative estimate of drug-likeness (QED) is 0.0785. The van der Waals surface area contributed by atoms with Gasteiger partial charge in [-0.3, -0.25) is 9.59 Å². The maximum Gasteiger partial charge on any atom is 0.303 e. The Labute approximate surface area is 322 Å². The molecule has 7 unspecified atom stereocenters. The van der Waals surface area contributed by atoms with E-state index in [1.165, 1.54) is 33.1 Å². The molecule has 3 aliphatic rings. The number of aromatic hydroxyl groups is 3. The number of ether oxygens (including phenoxy) is 8. The van der Waals surface area contributed by atoms with Gasteiger partial charge >= 0.3 is 5.97 Å². The standard InChI is InChI=1S/C36H44O21/c1-11-22(41)25(44)27(46)35(51-11)57-33-29(48)34(52-12(2)30(33)53-13(3)37)50-10-20-23(42)26(45)28(47)36(55-20)56-32-24(43)21-18(40)8-15(49-4)9-19(21)54-31(32)14-5-6-16(38)17(39)7-14/h5-9,11-12,20,22-23,25-30,33-36,38-42,44-48H,10H2,1-4H3/t11?,12?,20?,22-,23-,25-,26?,27?,28?,29?,30-,33+,34+,35-,36-/m0/s1. The number of carbonyl (C=O) groups is 1. The van der Waals surface area contributed by atoms with Crippen LogP contribution in [0, 0.1) is 0 Å². The number of carbonyl (C=O) groups excluding carboxylic acids is 1. The minimum Gasteiger partial charge on any atom is -0.507 e. The summed E-state index contributed by atoms with van der Waals surface area (Å²) in [5.74, 6) is -3.47. The fraction of sp³-hybridized carbons (Fsp3) is 0.556. The average molecular weight is 813 g/mol. The van der Waals surface area contributed by atoms with Crippen LogP contribution in [0.25, 0.3) is 22.3 Å². The van der Waals surface area contributed by atoms with E-state index in [-0.39, 0.29) is 22.7 Å². The highest BCUT2D eigenvalue weighted by atomic mass is 16.8. The number of phenolic OH excluding ortho intramolecular Hbond substituents is 3. The molecule has 21 heteroatoms. The van der Waals surface area contributed by atoms with Crippen molar-refractivity contribution in [2.24, 2.45) is 0 Å². The molecule has 0 aliphatic carbocycles. The van der Waals surface area contributed by atoms with E-state index in [1.807, 2.05) is 0 Å². The first kappa shape index (κ1) is 42.3. The number of aliphatic hydroxyl groups excluding tert-OH is 7. The van der Waals surface area contributed by atoms with Gasteiger partial charge in [0.2, 0.25) is 17.5 Å². The molecule has 4 heterocycles. The highest BCUT2D eigenvalue weighted by Crippen LogP contribution is 2.40. The molecule has 0 amide bonds. The molecular weight excluding hydrogens is 768 g/mol. The van der Waals surface area contributed by atoms with Crippen LogP contribution in [0.5, 0.6) is 28.7 Å². The predicted molar refractivity (Wildman–Crippen MR) is 186 cm³/mol. The molecule has 0 bridgehead atoms. The molecule has 6 rings (SSSR count). The van der Waals surface area contributed by atoms with E-state index >= 15 is 0 Å². The number of methoxy groups -OCH3 is 1. The van der Waals surface area contributed by atoms with E-state index in [0.717, 1.165) is 25.1 Å². The minimum absolute atomic E-state index is 0.0277. The summed E-state index contributed by atoms with van der Waals surface area (Å²) in [6.45, 7) is 3.22. The fourth-order valence-electron chi connectivity index (χ4n) is 6.71. The zero-order valence-electron chi connectivity index (χ0n) is 30.7. The summed E-state index contributed by atoms with van der Waals surface area (Å²) in [5.41, 5.74) is -1.22. The fourth-order valence-corrected chi connectivity index (χ4v) is 6.71. The van der Waals surface area contributed by atoms with Crippen LogP contribution in [-0.4, -0.2) is 163 Å². The maximum atomic E-state index is 13.9. The summed E-state index contributed by atoms with van der Waals surface area (Å²) in [6, 6.07) is 5.79. The number of aliphatic hydroxyl groups is 7. The van der Waals surface area contributed by atoms with Gasteiger partial charge in [0, 0.05) is 24.6 Å². The van der Waals surface area contributed by atoms with Crippen molar-refractivity contribution in [3.63, 3.8) is 0 Å². The number of phenols is 3. The molecule has 3 fully saturated rings. The summed E-state index contributed by atoms with van der Waals surface area (Å²) in [7, 11) is 1.31. The molecular formula is C36H44O21. The molecule has 1 aromatic heterocycles. The number of hydrogen-bond donors (Lipinski definition) is 10. The second-order valence-electron chi connectivity index (χ2n) is 13.8. The highest BCUT2D eigenvalue weighted by molar-refractivity contribution is 5.88. The van der Waals surface area contributed by atoms with Gasteiger partial charge in [0.05, 0.1) is 25.9 Å². The van der Waals surface area contributed by atoms with E-state index in [0.29, 0.717) is 0 Å². The van der Waals surface area contributed by atoms with Crippen molar-refractivity contribution in [1.29, 1.82) is 0 Å². The molecule has 57 heavy (non-hydrogen) atoms. The number of hydrogen-bond acceptors (Lipinski definition) is 21. The molecule has 0 saturated carbocycles. The largest absolute Gasteiger partial charge is 0.507 e. The Kier molecular flexibility index (Phi) is 12.5. The molecule has 3 saturated heterocycles. The SMILES string of the molecule is COc1cc(O)c2c(=O)c(O[C@@H]3OC(CO[C@@H]4OC(C)[C@H](OC(C)=O)[C@H](O[C@@H]5OC(C)[C@H](O)[C@H](O)C5O)C4O)[C@H](O)C(O)C3O)c(-c3ccc(O)c(O)c3)oc2c1. The lowest BCUT2D eigenvalue weighted by atomic mass is 9.97. The van der Waals surface area contributed by atoms with Crippen LogP contribution in [0.4, 0.5) is 0 Å². The number of rotatable bonds is 10. The summed E-state index contributed by atoms with van der Waals surface area (Å²) in [5, 5.41) is 105. The lowest BCUT2D eigenvalue weighted by Gasteiger charge is -2.46. The van der Waals surface area contributed by atoms with Crippen molar-refractivity contribution in [3.05, 3.63) is 40.6 Å². The molecule has 3 aliphatic heterocycles. The van der Waals surface area contributed by atoms with Crippen LogP contribution in [0.15, 0.2) is 39.5 Å². The molecule has 2 aromatic carbocycles. The Morgan fingerprint density at radius 3 is 2.05 bits per heavy atom. The molecule has 0 spiro atoms. The molecule has 21 nitrogen and oxygen atoms in total. The second kappa shape index (κ2) is 16.9. The van der Waals surface area contributed by atoms with Crippen molar-refractivity contribution in [2.75, 3.05) is 13.7 Å². The number of esters is 1. The summed E-state index contributed by atoms with van der Waals surface area (Å²) < 4.78 is 50.8. The van der Waals surface area contributed by atoms with Crippen LogP contribution in [-0.2, 0) is 33.2 Å². The molecule has 10 N–H and O–H groups in total. The predicted octanol–water partition coefficient (Wildman–Crippen LogP) is -1.96. The van der Waals surface area contributed by atoms with Gasteiger partial charge < -0.3 is 93.4 Å². The summed E-state index contributed by atoms with van der Waals surface area (Å²) in [6.07, 6.45) is -24.5. The van der Waals surface area contributed by atoms with Crippen LogP contribution < -0.4 is 14.9 Å². The normalized spacial score (nSPS) is 35.8. The van der Waals surface area contributed by atoms with Gasteiger partial charge in [-0.05, 0) is 32.0 Å². The number of fused-ring (bicyclic) bond motifs is 1. The zero-order valence-corrected chi connectivity index (χ0v) is 30.7. The van der Waals surface area contributed by atoms with Crippen molar-refractivity contribution in [3.8, 4) is 40.1 Å². The Morgan fingerprint density at radius 1 is 0.719 bits per heavy atom. The molecule has 314 valence electrons. The Hall–Kier alpha value is -4.36. The van der Waals surface area contributed by atoms with Crippen molar-refractivity contribution < 1.29 is 98.2 Å². The monoisotopic (exact) mass is 812 g/mol. The Balaban J connectivity index is 1.26. The van der Waals surface area contributed by atoms with Gasteiger partial charge in [-0.1, -0.05) is 0 Å². The van der Waals surface area contributed by atoms with E-state index in [4.69, 9.17) is 42.3 Å². The van der Waals surface area contributed by atoms with E-state index in [2.05, 4.69) is 0 Å². The number of benzene rings is 2. The Morgan fingerprint density at radius 2 is 1.39 bits per heavy atom. The van der Waals surface area contributed by atoms with Gasteiger partial charge in [-0.2, -0.15) is 0 Å². The van der Waals surface area contributed by atoms with Gasteiger partial charge in [-0.25, -0.2) is 0 Å². The van der Waals surface area contributed by atoms with E-state index in [9.17, 15) is 60.7 Å². The first-order valence-corrected chi connectivity index (χ1v) is 17.7. The topological polar surface area (TPSA) is 323 Å². The Bertz CT molecular complexity index is 1970. The van der Waals surface area contributed by atoms with Crippen molar-refractivity contribution in [2.45, 2.75) is 113 Å². The second-order valence-corrected chi connectivity index (χ2v) is 13.8. The molecule has 0 radical (unpaired) electrons. The third-order valence-corrected chi connectivity index (χ3v) is 9.86. The van der Waals surface area contributed by atoms with Crippen LogP contribution in [0.3, 0.4) is 0 Å². The van der Waals surface area contributed by atoms with Gasteiger partial charge in [0.25, 0.3) is 0 Å². The van der Waals surface area contributed by atoms with Crippen LogP contribution in [0.2, 0.25) is 0 Å². The van der Waals surface area contributed by atoms with E-state index < -0.39 is 139 Å². The van der Waals surface area contributed by atoms with Crippen molar-refractivity contribution >= 4 is 16.9 Å². The van der Waals surface area contributed by atoms with Gasteiger partial charge in [0.15, 0.2) is 35.9 Å². The maximum absolute atomic E-state index is 13.9. The summed E-state index contributed by atoms with van der Waals surface area (Å²) in [4.78, 5) is 25.9. The van der Waals surface area contributed by atoms with Gasteiger partial charge in [0.1, 0.15) is 77.4 Å². The average Bonchev–Trinajstić information content (AvgIpc) is 3.16. The lowest BCUT2D eigenvalue weighted by Crippen LogP contribution is -2.64.